The number of rotatable bonds is 4. The van der Waals surface area contributed by atoms with Crippen molar-refractivity contribution in [3.05, 3.63) is 24.2 Å². The number of nitrogens with one attached hydrogen (secondary N) is 2. The van der Waals surface area contributed by atoms with E-state index in [0.29, 0.717) is 19.0 Å². The van der Waals surface area contributed by atoms with Crippen LogP contribution in [-0.2, 0) is 10.3 Å². The Kier molecular flexibility index (Phi) is 4.44. The monoisotopic (exact) mass is 268 g/mol. The van der Waals surface area contributed by atoms with Crippen LogP contribution in [0.5, 0.6) is 0 Å². The molecule has 2 rings (SSSR count). The average Bonchev–Trinajstić information content (AvgIpc) is 2.92. The SMILES string of the molecule is C[C@@](O)(CNC(=O)NC1CCOCC1)c1ccco1. The van der Waals surface area contributed by atoms with Crippen LogP contribution in [0.4, 0.5) is 4.79 Å². The van der Waals surface area contributed by atoms with Crippen molar-refractivity contribution in [3.63, 3.8) is 0 Å². The van der Waals surface area contributed by atoms with Crippen LogP contribution >= 0.6 is 0 Å². The molecule has 2 amide bonds. The topological polar surface area (TPSA) is 83.7 Å². The quantitative estimate of drug-likeness (QED) is 0.759. The maximum absolute atomic E-state index is 11.7. The van der Waals surface area contributed by atoms with Crippen molar-refractivity contribution >= 4 is 6.03 Å². The fourth-order valence-corrected chi connectivity index (χ4v) is 2.00. The molecule has 1 aliphatic rings. The minimum atomic E-state index is -1.21. The summed E-state index contributed by atoms with van der Waals surface area (Å²) in [6, 6.07) is 3.24. The predicted molar refractivity (Wildman–Crippen MR) is 68.7 cm³/mol. The highest BCUT2D eigenvalue weighted by Crippen LogP contribution is 2.19. The van der Waals surface area contributed by atoms with E-state index in [-0.39, 0.29) is 18.6 Å². The second-order valence-corrected chi connectivity index (χ2v) is 4.96. The lowest BCUT2D eigenvalue weighted by atomic mass is 10.0. The molecular formula is C13H20N2O4. The van der Waals surface area contributed by atoms with Crippen LogP contribution in [0, 0.1) is 0 Å². The van der Waals surface area contributed by atoms with E-state index in [1.54, 1.807) is 19.1 Å². The molecule has 1 atom stereocenters. The molecule has 1 aromatic rings. The first-order valence-electron chi connectivity index (χ1n) is 6.46. The molecule has 1 aliphatic heterocycles. The second kappa shape index (κ2) is 6.08. The Morgan fingerprint density at radius 1 is 1.53 bits per heavy atom. The standard InChI is InChI=1S/C13H20N2O4/c1-13(17,11-3-2-6-19-11)9-14-12(16)15-10-4-7-18-8-5-10/h2-3,6,10,17H,4-5,7-9H2,1H3,(H2,14,15,16)/t13-/m1/s1. The molecule has 0 radical (unpaired) electrons. The molecule has 6 heteroatoms. The van der Waals surface area contributed by atoms with Crippen molar-refractivity contribution in [2.24, 2.45) is 0 Å². The van der Waals surface area contributed by atoms with Gasteiger partial charge in [0.25, 0.3) is 0 Å². The van der Waals surface area contributed by atoms with Gasteiger partial charge in [0.15, 0.2) is 0 Å². The van der Waals surface area contributed by atoms with Crippen molar-refractivity contribution in [2.45, 2.75) is 31.4 Å². The minimum Gasteiger partial charge on any atom is -0.466 e. The first-order valence-corrected chi connectivity index (χ1v) is 6.46. The van der Waals surface area contributed by atoms with Crippen LogP contribution in [0.25, 0.3) is 0 Å². The Hall–Kier alpha value is -1.53. The molecule has 6 nitrogen and oxygen atoms in total. The zero-order chi connectivity index (χ0) is 13.7. The molecule has 19 heavy (non-hydrogen) atoms. The maximum atomic E-state index is 11.7. The van der Waals surface area contributed by atoms with Crippen molar-refractivity contribution in [2.75, 3.05) is 19.8 Å². The number of furan rings is 1. The van der Waals surface area contributed by atoms with E-state index < -0.39 is 5.60 Å². The van der Waals surface area contributed by atoms with E-state index in [2.05, 4.69) is 10.6 Å². The summed E-state index contributed by atoms with van der Waals surface area (Å²) in [6.07, 6.45) is 3.13. The molecule has 1 fully saturated rings. The summed E-state index contributed by atoms with van der Waals surface area (Å²) in [4.78, 5) is 11.7. The average molecular weight is 268 g/mol. The van der Waals surface area contributed by atoms with Gasteiger partial charge >= 0.3 is 6.03 Å². The van der Waals surface area contributed by atoms with Crippen molar-refractivity contribution in [1.29, 1.82) is 0 Å². The summed E-state index contributed by atoms with van der Waals surface area (Å²) in [6.45, 7) is 3.04. The van der Waals surface area contributed by atoms with Gasteiger partial charge in [-0.2, -0.15) is 0 Å². The van der Waals surface area contributed by atoms with Crippen molar-refractivity contribution < 1.29 is 19.1 Å². The molecule has 0 saturated carbocycles. The van der Waals surface area contributed by atoms with E-state index >= 15 is 0 Å². The fraction of sp³-hybridized carbons (Fsp3) is 0.615. The Morgan fingerprint density at radius 3 is 2.89 bits per heavy atom. The zero-order valence-electron chi connectivity index (χ0n) is 11.0. The van der Waals surface area contributed by atoms with Crippen LogP contribution < -0.4 is 10.6 Å². The number of hydrogen-bond donors (Lipinski definition) is 3. The molecule has 0 aromatic carbocycles. The third-order valence-corrected chi connectivity index (χ3v) is 3.20. The smallest absolute Gasteiger partial charge is 0.315 e. The predicted octanol–water partition coefficient (Wildman–Crippen LogP) is 0.965. The van der Waals surface area contributed by atoms with Gasteiger partial charge in [0, 0.05) is 19.3 Å². The Labute approximate surface area is 112 Å². The highest BCUT2D eigenvalue weighted by Gasteiger charge is 2.27. The van der Waals surface area contributed by atoms with E-state index in [0.717, 1.165) is 12.8 Å². The molecule has 1 saturated heterocycles. The third-order valence-electron chi connectivity index (χ3n) is 3.20. The summed E-state index contributed by atoms with van der Waals surface area (Å²) < 4.78 is 10.4. The van der Waals surface area contributed by atoms with Crippen LogP contribution in [0.15, 0.2) is 22.8 Å². The van der Waals surface area contributed by atoms with Crippen molar-refractivity contribution in [1.82, 2.24) is 10.6 Å². The lowest BCUT2D eigenvalue weighted by Gasteiger charge is -2.25. The van der Waals surface area contributed by atoms with Crippen LogP contribution in [0.2, 0.25) is 0 Å². The Balaban J connectivity index is 1.76. The highest BCUT2D eigenvalue weighted by molar-refractivity contribution is 5.74. The number of carbonyl (C=O) groups is 1. The number of ether oxygens (including phenoxy) is 1. The summed E-state index contributed by atoms with van der Waals surface area (Å²) in [5.74, 6) is 0.430. The van der Waals surface area contributed by atoms with Gasteiger partial charge in [-0.25, -0.2) is 4.79 Å². The summed E-state index contributed by atoms with van der Waals surface area (Å²) >= 11 is 0. The fourth-order valence-electron chi connectivity index (χ4n) is 2.00. The number of urea groups is 1. The summed E-state index contributed by atoms with van der Waals surface area (Å²) in [5.41, 5.74) is -1.21. The van der Waals surface area contributed by atoms with Crippen LogP contribution in [0.1, 0.15) is 25.5 Å². The molecule has 0 bridgehead atoms. The van der Waals surface area contributed by atoms with Crippen molar-refractivity contribution in [3.8, 4) is 0 Å². The summed E-state index contributed by atoms with van der Waals surface area (Å²) in [7, 11) is 0. The lowest BCUT2D eigenvalue weighted by Crippen LogP contribution is -2.48. The molecule has 2 heterocycles. The minimum absolute atomic E-state index is 0.0928. The van der Waals surface area contributed by atoms with Gasteiger partial charge < -0.3 is 24.9 Å². The number of hydrogen-bond acceptors (Lipinski definition) is 4. The van der Waals surface area contributed by atoms with Gasteiger partial charge in [-0.05, 0) is 31.9 Å². The van der Waals surface area contributed by atoms with Gasteiger partial charge in [-0.1, -0.05) is 0 Å². The summed E-state index contributed by atoms with van der Waals surface area (Å²) in [5, 5.41) is 15.7. The van der Waals surface area contributed by atoms with Gasteiger partial charge in [-0.15, -0.1) is 0 Å². The Bertz CT molecular complexity index is 397. The Morgan fingerprint density at radius 2 is 2.26 bits per heavy atom. The normalized spacial score (nSPS) is 19.7. The van der Waals surface area contributed by atoms with Gasteiger partial charge in [0.05, 0.1) is 12.8 Å². The molecule has 106 valence electrons. The lowest BCUT2D eigenvalue weighted by molar-refractivity contribution is 0.0361. The van der Waals surface area contributed by atoms with Crippen LogP contribution in [0.3, 0.4) is 0 Å². The number of carbonyl (C=O) groups excluding carboxylic acids is 1. The number of aliphatic hydroxyl groups is 1. The number of amides is 2. The molecule has 3 N–H and O–H groups in total. The molecule has 0 aliphatic carbocycles. The van der Waals surface area contributed by atoms with Gasteiger partial charge in [-0.3, -0.25) is 0 Å². The zero-order valence-corrected chi connectivity index (χ0v) is 11.0. The largest absolute Gasteiger partial charge is 0.466 e. The molecule has 0 unspecified atom stereocenters. The van der Waals surface area contributed by atoms with E-state index in [1.807, 2.05) is 0 Å². The van der Waals surface area contributed by atoms with Crippen LogP contribution in [-0.4, -0.2) is 36.9 Å². The highest BCUT2D eigenvalue weighted by atomic mass is 16.5. The first-order chi connectivity index (χ1) is 9.08. The first kappa shape index (κ1) is 13.9. The second-order valence-electron chi connectivity index (χ2n) is 4.96. The molecule has 0 spiro atoms. The maximum Gasteiger partial charge on any atom is 0.315 e. The van der Waals surface area contributed by atoms with Gasteiger partial charge in [0.2, 0.25) is 0 Å². The third kappa shape index (κ3) is 3.97. The molecule has 1 aromatic heterocycles. The van der Waals surface area contributed by atoms with E-state index in [1.165, 1.54) is 6.26 Å². The van der Waals surface area contributed by atoms with Gasteiger partial charge in [0.1, 0.15) is 11.4 Å². The van der Waals surface area contributed by atoms with E-state index in [9.17, 15) is 9.90 Å². The molecular weight excluding hydrogens is 248 g/mol. The van der Waals surface area contributed by atoms with E-state index in [4.69, 9.17) is 9.15 Å².